The number of carbonyl (C=O) groups is 1. The van der Waals surface area contributed by atoms with Gasteiger partial charge in [-0.05, 0) is 30.0 Å². The fourth-order valence-electron chi connectivity index (χ4n) is 1.67. The molecule has 2 rings (SSSR count). The maximum Gasteiger partial charge on any atom is 0.323 e. The fraction of sp³-hybridized carbons (Fsp3) is 0.500. The average Bonchev–Trinajstić information content (AvgIpc) is 3.08. The highest BCUT2D eigenvalue weighted by atomic mass is 35.5. The lowest BCUT2D eigenvalue weighted by molar-refractivity contribution is -0.146. The predicted molar refractivity (Wildman–Crippen MR) is 76.6 cm³/mol. The van der Waals surface area contributed by atoms with Crippen LogP contribution in [0.25, 0.3) is 0 Å². The number of ether oxygens (including phenoxy) is 1. The molecule has 0 radical (unpaired) electrons. The lowest BCUT2D eigenvalue weighted by Crippen LogP contribution is -2.32. The molecule has 1 aromatic rings. The number of hydrogen-bond donors (Lipinski definition) is 1. The summed E-state index contributed by atoms with van der Waals surface area (Å²) in [7, 11) is 0. The van der Waals surface area contributed by atoms with Gasteiger partial charge in [-0.25, -0.2) is 4.98 Å². The summed E-state index contributed by atoms with van der Waals surface area (Å²) < 4.78 is 5.12. The maximum absolute atomic E-state index is 11.6. The summed E-state index contributed by atoms with van der Waals surface area (Å²) in [5, 5.41) is 0.548. The SMILES string of the molecule is Cl.N[C@@H](CC1CC1)C(=O)OCc1cc(Cl)nc(Cl)c1. The van der Waals surface area contributed by atoms with Crippen LogP contribution in [0.2, 0.25) is 10.3 Å². The number of esters is 1. The van der Waals surface area contributed by atoms with Crippen molar-refractivity contribution in [3.05, 3.63) is 28.0 Å². The normalized spacial score (nSPS) is 15.5. The summed E-state index contributed by atoms with van der Waals surface area (Å²) in [6.07, 6.45) is 3.03. The van der Waals surface area contributed by atoms with E-state index in [1.54, 1.807) is 12.1 Å². The Balaban J connectivity index is 0.00000180. The van der Waals surface area contributed by atoms with Gasteiger partial charge in [0, 0.05) is 0 Å². The minimum atomic E-state index is -0.537. The quantitative estimate of drug-likeness (QED) is 0.667. The van der Waals surface area contributed by atoms with Crippen LogP contribution in [-0.2, 0) is 16.1 Å². The number of carbonyl (C=O) groups excluding carboxylic acids is 1. The van der Waals surface area contributed by atoms with Crippen molar-refractivity contribution in [1.82, 2.24) is 4.98 Å². The van der Waals surface area contributed by atoms with E-state index < -0.39 is 6.04 Å². The first-order chi connectivity index (χ1) is 8.54. The molecule has 0 saturated heterocycles. The van der Waals surface area contributed by atoms with Crippen LogP contribution in [0.4, 0.5) is 0 Å². The molecule has 106 valence electrons. The van der Waals surface area contributed by atoms with Gasteiger partial charge >= 0.3 is 5.97 Å². The second-order valence-electron chi connectivity index (χ2n) is 4.51. The minimum Gasteiger partial charge on any atom is -0.460 e. The number of rotatable bonds is 5. The van der Waals surface area contributed by atoms with E-state index >= 15 is 0 Å². The van der Waals surface area contributed by atoms with Gasteiger partial charge < -0.3 is 10.5 Å². The third-order valence-electron chi connectivity index (χ3n) is 2.79. The monoisotopic (exact) mass is 324 g/mol. The highest BCUT2D eigenvalue weighted by molar-refractivity contribution is 6.32. The molecule has 1 heterocycles. The van der Waals surface area contributed by atoms with Crippen molar-refractivity contribution in [2.45, 2.75) is 31.9 Å². The van der Waals surface area contributed by atoms with Crippen molar-refractivity contribution in [1.29, 1.82) is 0 Å². The summed E-state index contributed by atoms with van der Waals surface area (Å²) >= 11 is 11.5. The second kappa shape index (κ2) is 7.29. The van der Waals surface area contributed by atoms with Gasteiger partial charge in [0.15, 0.2) is 0 Å². The minimum absolute atomic E-state index is 0. The van der Waals surface area contributed by atoms with Crippen molar-refractivity contribution in [2.24, 2.45) is 11.7 Å². The lowest BCUT2D eigenvalue weighted by Gasteiger charge is -2.11. The van der Waals surface area contributed by atoms with Gasteiger partial charge in [-0.1, -0.05) is 36.0 Å². The third-order valence-corrected chi connectivity index (χ3v) is 3.18. The topological polar surface area (TPSA) is 65.2 Å². The first-order valence-electron chi connectivity index (χ1n) is 5.79. The van der Waals surface area contributed by atoms with Crippen LogP contribution in [0.1, 0.15) is 24.8 Å². The molecule has 2 N–H and O–H groups in total. The molecular formula is C12H15Cl3N2O2. The molecule has 1 aliphatic rings. The Morgan fingerprint density at radius 1 is 1.42 bits per heavy atom. The number of pyridine rings is 1. The van der Waals surface area contributed by atoms with Crippen LogP contribution in [0.3, 0.4) is 0 Å². The molecule has 1 fully saturated rings. The van der Waals surface area contributed by atoms with Crippen LogP contribution in [0, 0.1) is 5.92 Å². The van der Waals surface area contributed by atoms with Crippen LogP contribution >= 0.6 is 35.6 Å². The molecule has 0 unspecified atom stereocenters. The molecule has 0 bridgehead atoms. The maximum atomic E-state index is 11.6. The summed E-state index contributed by atoms with van der Waals surface area (Å²) in [6.45, 7) is 0.110. The Kier molecular flexibility index (Phi) is 6.33. The van der Waals surface area contributed by atoms with Crippen LogP contribution in [0.5, 0.6) is 0 Å². The van der Waals surface area contributed by atoms with E-state index in [1.807, 2.05) is 0 Å². The Labute approximate surface area is 128 Å². The van der Waals surface area contributed by atoms with Gasteiger partial charge in [0.25, 0.3) is 0 Å². The smallest absolute Gasteiger partial charge is 0.323 e. The zero-order chi connectivity index (χ0) is 13.1. The van der Waals surface area contributed by atoms with Crippen molar-refractivity contribution < 1.29 is 9.53 Å². The lowest BCUT2D eigenvalue weighted by atomic mass is 10.1. The molecule has 1 saturated carbocycles. The van der Waals surface area contributed by atoms with Gasteiger partial charge in [-0.3, -0.25) is 4.79 Å². The number of halogens is 3. The van der Waals surface area contributed by atoms with Gasteiger partial charge in [-0.15, -0.1) is 12.4 Å². The van der Waals surface area contributed by atoms with Crippen LogP contribution in [-0.4, -0.2) is 17.0 Å². The largest absolute Gasteiger partial charge is 0.460 e. The molecule has 19 heavy (non-hydrogen) atoms. The predicted octanol–water partition coefficient (Wildman–Crippen LogP) is 2.98. The van der Waals surface area contributed by atoms with Crippen molar-refractivity contribution in [3.8, 4) is 0 Å². The first-order valence-corrected chi connectivity index (χ1v) is 6.54. The molecule has 1 atom stereocenters. The van der Waals surface area contributed by atoms with E-state index in [9.17, 15) is 4.79 Å². The summed E-state index contributed by atoms with van der Waals surface area (Å²) in [5.41, 5.74) is 6.44. The van der Waals surface area contributed by atoms with E-state index in [0.29, 0.717) is 17.9 Å². The third kappa shape index (κ3) is 5.53. The Hall–Kier alpha value is -0.550. The number of nitrogens with zero attached hydrogens (tertiary/aromatic N) is 1. The summed E-state index contributed by atoms with van der Waals surface area (Å²) in [6, 6.07) is 2.67. The van der Waals surface area contributed by atoms with Crippen molar-refractivity contribution in [2.75, 3.05) is 0 Å². The van der Waals surface area contributed by atoms with Gasteiger partial charge in [0.1, 0.15) is 23.0 Å². The van der Waals surface area contributed by atoms with Crippen molar-refractivity contribution >= 4 is 41.6 Å². The molecule has 0 aliphatic heterocycles. The zero-order valence-corrected chi connectivity index (χ0v) is 12.5. The Morgan fingerprint density at radius 3 is 2.53 bits per heavy atom. The molecule has 1 aliphatic carbocycles. The standard InChI is InChI=1S/C12H14Cl2N2O2.ClH/c13-10-4-8(5-11(14)16-10)6-18-12(17)9(15)3-7-1-2-7;/h4-5,7,9H,1-3,6,15H2;1H/t9-;/m0./s1. The van der Waals surface area contributed by atoms with Crippen molar-refractivity contribution in [3.63, 3.8) is 0 Å². The zero-order valence-electron chi connectivity index (χ0n) is 10.1. The Bertz CT molecular complexity index is 432. The van der Waals surface area contributed by atoms with Crippen LogP contribution in [0.15, 0.2) is 12.1 Å². The van der Waals surface area contributed by atoms with E-state index in [1.165, 1.54) is 0 Å². The van der Waals surface area contributed by atoms with E-state index in [4.69, 9.17) is 33.7 Å². The molecular weight excluding hydrogens is 311 g/mol. The molecule has 0 amide bonds. The second-order valence-corrected chi connectivity index (χ2v) is 5.29. The van der Waals surface area contributed by atoms with E-state index in [-0.39, 0.29) is 35.3 Å². The molecule has 4 nitrogen and oxygen atoms in total. The Morgan fingerprint density at radius 2 is 2.00 bits per heavy atom. The van der Waals surface area contributed by atoms with Gasteiger partial charge in [0.2, 0.25) is 0 Å². The molecule has 1 aromatic heterocycles. The molecule has 0 spiro atoms. The van der Waals surface area contributed by atoms with Gasteiger partial charge in [-0.2, -0.15) is 0 Å². The van der Waals surface area contributed by atoms with E-state index in [0.717, 1.165) is 12.8 Å². The highest BCUT2D eigenvalue weighted by Gasteiger charge is 2.27. The highest BCUT2D eigenvalue weighted by Crippen LogP contribution is 2.33. The van der Waals surface area contributed by atoms with Gasteiger partial charge in [0.05, 0.1) is 0 Å². The number of nitrogens with two attached hydrogens (primary N) is 1. The first kappa shape index (κ1) is 16.5. The molecule has 0 aromatic carbocycles. The summed E-state index contributed by atoms with van der Waals surface area (Å²) in [4.78, 5) is 15.4. The fourth-order valence-corrected chi connectivity index (χ4v) is 2.17. The van der Waals surface area contributed by atoms with Crippen LogP contribution < -0.4 is 5.73 Å². The summed E-state index contributed by atoms with van der Waals surface area (Å²) in [5.74, 6) is 0.211. The average molecular weight is 326 g/mol. The molecule has 7 heteroatoms. The number of hydrogen-bond acceptors (Lipinski definition) is 4. The van der Waals surface area contributed by atoms with E-state index in [2.05, 4.69) is 4.98 Å². The number of aromatic nitrogens is 1.